The average molecular weight is 359 g/mol. The van der Waals surface area contributed by atoms with Gasteiger partial charge in [0.05, 0.1) is 13.1 Å². The van der Waals surface area contributed by atoms with E-state index in [1.54, 1.807) is 18.4 Å². The monoisotopic (exact) mass is 359 g/mol. The number of amides is 1. The first kappa shape index (κ1) is 18.9. The van der Waals surface area contributed by atoms with E-state index < -0.39 is 0 Å². The van der Waals surface area contributed by atoms with Crippen molar-refractivity contribution in [2.75, 3.05) is 13.6 Å². The summed E-state index contributed by atoms with van der Waals surface area (Å²) in [5.74, 6) is 0.672. The van der Waals surface area contributed by atoms with Crippen LogP contribution in [0.25, 0.3) is 0 Å². The molecule has 0 bridgehead atoms. The zero-order chi connectivity index (χ0) is 18.1. The highest BCUT2D eigenvalue weighted by Gasteiger charge is 2.04. The smallest absolute Gasteiger partial charge is 0.251 e. The molecule has 1 aromatic carbocycles. The lowest BCUT2D eigenvalue weighted by Crippen LogP contribution is -2.36. The summed E-state index contributed by atoms with van der Waals surface area (Å²) in [5, 5.41) is 10.2. The molecule has 0 saturated carbocycles. The minimum atomic E-state index is -0.0834. The lowest BCUT2D eigenvalue weighted by molar-refractivity contribution is 0.0963. The van der Waals surface area contributed by atoms with Gasteiger partial charge in [-0.05, 0) is 31.0 Å². The second-order valence-corrected chi connectivity index (χ2v) is 6.60. The van der Waals surface area contributed by atoms with Crippen molar-refractivity contribution in [1.29, 1.82) is 0 Å². The molecule has 134 valence electrons. The fraction of sp³-hybridized carbons (Fsp3) is 0.389. The summed E-state index contributed by atoms with van der Waals surface area (Å²) in [6.45, 7) is 6.16. The summed E-state index contributed by atoms with van der Waals surface area (Å²) in [6.07, 6.45) is 2.94. The summed E-state index contributed by atoms with van der Waals surface area (Å²) in [4.78, 5) is 21.8. The number of carbonyl (C=O) groups is 1. The number of benzene rings is 1. The van der Waals surface area contributed by atoms with Gasteiger partial charge in [0.1, 0.15) is 5.01 Å². The van der Waals surface area contributed by atoms with Crippen molar-refractivity contribution in [3.05, 3.63) is 51.5 Å². The number of aliphatic imine (C=N–C) groups is 1. The summed E-state index contributed by atoms with van der Waals surface area (Å²) in [5.41, 5.74) is 1.70. The maximum Gasteiger partial charge on any atom is 0.251 e. The number of nitrogens with one attached hydrogen (secondary N) is 3. The minimum absolute atomic E-state index is 0.0834. The van der Waals surface area contributed by atoms with Crippen molar-refractivity contribution in [1.82, 2.24) is 20.9 Å². The number of rotatable bonds is 7. The molecule has 0 aliphatic carbocycles. The number of thiazole rings is 1. The molecule has 2 rings (SSSR count). The van der Waals surface area contributed by atoms with Crippen LogP contribution in [0.3, 0.4) is 0 Å². The number of aromatic nitrogens is 1. The molecular weight excluding hydrogens is 334 g/mol. The van der Waals surface area contributed by atoms with Crippen LogP contribution in [0.1, 0.15) is 39.7 Å². The Kier molecular flexibility index (Phi) is 7.40. The van der Waals surface area contributed by atoms with Crippen molar-refractivity contribution in [2.45, 2.75) is 33.4 Å². The number of nitrogens with zero attached hydrogens (tertiary/aromatic N) is 2. The maximum absolute atomic E-state index is 11.6. The van der Waals surface area contributed by atoms with Gasteiger partial charge in [0, 0.05) is 30.2 Å². The Balaban J connectivity index is 1.95. The minimum Gasteiger partial charge on any atom is -0.357 e. The van der Waals surface area contributed by atoms with E-state index in [1.807, 2.05) is 37.4 Å². The summed E-state index contributed by atoms with van der Waals surface area (Å²) in [6, 6.07) is 7.47. The molecule has 0 aliphatic heterocycles. The Morgan fingerprint density at radius 2 is 1.96 bits per heavy atom. The Labute approximate surface area is 152 Å². The van der Waals surface area contributed by atoms with Gasteiger partial charge in [-0.2, -0.15) is 0 Å². The van der Waals surface area contributed by atoms with Gasteiger partial charge in [-0.25, -0.2) is 9.98 Å². The Bertz CT molecular complexity index is 709. The standard InChI is InChI=1S/C18H25N5OS/c1-4-15-11-21-16(25-15)12-23-18(20-5-2)22-10-13-6-8-14(9-7-13)17(24)19-3/h6-9,11H,4-5,10,12H2,1-3H3,(H,19,24)(H2,20,22,23). The number of guanidine groups is 1. The topological polar surface area (TPSA) is 78.4 Å². The molecule has 1 heterocycles. The highest BCUT2D eigenvalue weighted by atomic mass is 32.1. The largest absolute Gasteiger partial charge is 0.357 e. The quantitative estimate of drug-likeness (QED) is 0.524. The zero-order valence-electron chi connectivity index (χ0n) is 14.9. The van der Waals surface area contributed by atoms with Crippen LogP contribution >= 0.6 is 11.3 Å². The second-order valence-electron chi connectivity index (χ2n) is 5.40. The van der Waals surface area contributed by atoms with Gasteiger partial charge in [-0.3, -0.25) is 4.79 Å². The van der Waals surface area contributed by atoms with Crippen LogP contribution in [-0.2, 0) is 19.5 Å². The lowest BCUT2D eigenvalue weighted by atomic mass is 10.1. The Hall–Kier alpha value is -2.41. The molecule has 25 heavy (non-hydrogen) atoms. The number of aryl methyl sites for hydroxylation is 1. The molecule has 7 heteroatoms. The van der Waals surface area contributed by atoms with Crippen molar-refractivity contribution in [3.63, 3.8) is 0 Å². The van der Waals surface area contributed by atoms with E-state index in [1.165, 1.54) is 4.88 Å². The van der Waals surface area contributed by atoms with Crippen LogP contribution in [0.2, 0.25) is 0 Å². The fourth-order valence-electron chi connectivity index (χ4n) is 2.17. The first-order valence-electron chi connectivity index (χ1n) is 8.43. The molecule has 0 aliphatic rings. The second kappa shape index (κ2) is 9.78. The lowest BCUT2D eigenvalue weighted by Gasteiger charge is -2.10. The van der Waals surface area contributed by atoms with E-state index in [0.717, 1.165) is 29.5 Å². The molecule has 0 atom stereocenters. The molecule has 0 fully saturated rings. The zero-order valence-corrected chi connectivity index (χ0v) is 15.7. The average Bonchev–Trinajstić information content (AvgIpc) is 3.12. The van der Waals surface area contributed by atoms with Gasteiger partial charge < -0.3 is 16.0 Å². The van der Waals surface area contributed by atoms with Gasteiger partial charge in [-0.1, -0.05) is 19.1 Å². The number of hydrogen-bond acceptors (Lipinski definition) is 4. The summed E-state index contributed by atoms with van der Waals surface area (Å²) < 4.78 is 0. The molecule has 1 aromatic heterocycles. The van der Waals surface area contributed by atoms with Crippen molar-refractivity contribution in [2.24, 2.45) is 4.99 Å². The molecule has 1 amide bonds. The third kappa shape index (κ3) is 5.86. The molecule has 0 spiro atoms. The van der Waals surface area contributed by atoms with Crippen LogP contribution < -0.4 is 16.0 Å². The molecule has 6 nitrogen and oxygen atoms in total. The number of carbonyl (C=O) groups excluding carboxylic acids is 1. The molecule has 0 radical (unpaired) electrons. The molecule has 0 saturated heterocycles. The summed E-state index contributed by atoms with van der Waals surface area (Å²) in [7, 11) is 1.63. The van der Waals surface area contributed by atoms with Gasteiger partial charge in [0.2, 0.25) is 0 Å². The normalized spacial score (nSPS) is 11.2. The van der Waals surface area contributed by atoms with Crippen LogP contribution in [0.15, 0.2) is 35.5 Å². The summed E-state index contributed by atoms with van der Waals surface area (Å²) >= 11 is 1.72. The first-order valence-corrected chi connectivity index (χ1v) is 9.24. The highest BCUT2D eigenvalue weighted by Crippen LogP contribution is 2.12. The van der Waals surface area contributed by atoms with E-state index >= 15 is 0 Å². The molecule has 2 aromatic rings. The fourth-order valence-corrected chi connectivity index (χ4v) is 2.97. The van der Waals surface area contributed by atoms with Gasteiger partial charge in [-0.15, -0.1) is 11.3 Å². The van der Waals surface area contributed by atoms with E-state index in [-0.39, 0.29) is 5.91 Å². The maximum atomic E-state index is 11.6. The van der Waals surface area contributed by atoms with Gasteiger partial charge >= 0.3 is 0 Å². The van der Waals surface area contributed by atoms with Crippen LogP contribution in [0.5, 0.6) is 0 Å². The predicted octanol–water partition coefficient (Wildman–Crippen LogP) is 2.32. The van der Waals surface area contributed by atoms with E-state index in [9.17, 15) is 4.79 Å². The van der Waals surface area contributed by atoms with E-state index in [2.05, 4.69) is 32.9 Å². The first-order chi connectivity index (χ1) is 12.2. The molecular formula is C18H25N5OS. The number of hydrogen-bond donors (Lipinski definition) is 3. The van der Waals surface area contributed by atoms with Crippen LogP contribution in [0, 0.1) is 0 Å². The Morgan fingerprint density at radius 1 is 1.20 bits per heavy atom. The predicted molar refractivity (Wildman–Crippen MR) is 103 cm³/mol. The Morgan fingerprint density at radius 3 is 2.56 bits per heavy atom. The molecule has 3 N–H and O–H groups in total. The van der Waals surface area contributed by atoms with E-state index in [4.69, 9.17) is 0 Å². The van der Waals surface area contributed by atoms with Crippen molar-refractivity contribution < 1.29 is 4.79 Å². The third-order valence-electron chi connectivity index (χ3n) is 3.56. The highest BCUT2D eigenvalue weighted by molar-refractivity contribution is 7.11. The van der Waals surface area contributed by atoms with Crippen LogP contribution in [0.4, 0.5) is 0 Å². The van der Waals surface area contributed by atoms with Gasteiger partial charge in [0.15, 0.2) is 5.96 Å². The van der Waals surface area contributed by atoms with Crippen molar-refractivity contribution in [3.8, 4) is 0 Å². The molecule has 0 unspecified atom stereocenters. The van der Waals surface area contributed by atoms with E-state index in [0.29, 0.717) is 18.7 Å². The van der Waals surface area contributed by atoms with Crippen LogP contribution in [-0.4, -0.2) is 30.4 Å². The SMILES string of the molecule is CCNC(=NCc1ccc(C(=O)NC)cc1)NCc1ncc(CC)s1. The van der Waals surface area contributed by atoms with Crippen molar-refractivity contribution >= 4 is 23.2 Å². The van der Waals surface area contributed by atoms with Gasteiger partial charge in [0.25, 0.3) is 5.91 Å². The third-order valence-corrected chi connectivity index (χ3v) is 4.71.